The zero-order valence-corrected chi connectivity index (χ0v) is 20.6. The number of rotatable bonds is 4. The molecule has 0 saturated heterocycles. The molecule has 3 amide bonds. The predicted octanol–water partition coefficient (Wildman–Crippen LogP) is 5.49. The van der Waals surface area contributed by atoms with E-state index in [1.165, 1.54) is 4.68 Å². The number of aryl methyl sites for hydroxylation is 4. The van der Waals surface area contributed by atoms with Gasteiger partial charge in [-0.3, -0.25) is 19.8 Å². The molecular weight excluding hydrogens is 464 g/mol. The molecule has 8 heteroatoms. The number of nitrogens with one attached hydrogen (secondary N) is 3. The lowest BCUT2D eigenvalue weighted by Gasteiger charge is -2.14. The lowest BCUT2D eigenvalue weighted by atomic mass is 10.1. The van der Waals surface area contributed by atoms with E-state index in [4.69, 9.17) is 11.6 Å². The Morgan fingerprint density at radius 3 is 2.09 bits per heavy atom. The highest BCUT2D eigenvalue weighted by atomic mass is 35.5. The summed E-state index contributed by atoms with van der Waals surface area (Å²) < 4.78 is 1.30. The van der Waals surface area contributed by atoms with Gasteiger partial charge in [-0.2, -0.15) is 0 Å². The molecule has 0 bridgehead atoms. The Morgan fingerprint density at radius 2 is 1.43 bits per heavy atom. The Kier molecular flexibility index (Phi) is 6.62. The zero-order valence-electron chi connectivity index (χ0n) is 19.8. The minimum absolute atomic E-state index is 0.148. The Bertz CT molecular complexity index is 1450. The van der Waals surface area contributed by atoms with Gasteiger partial charge in [0, 0.05) is 21.8 Å². The van der Waals surface area contributed by atoms with E-state index >= 15 is 0 Å². The van der Waals surface area contributed by atoms with E-state index in [1.54, 1.807) is 24.3 Å². The molecule has 1 aromatic heterocycles. The van der Waals surface area contributed by atoms with Crippen LogP contribution in [-0.4, -0.2) is 22.4 Å². The molecule has 0 radical (unpaired) electrons. The summed E-state index contributed by atoms with van der Waals surface area (Å²) in [5.41, 5.74) is 8.11. The lowest BCUT2D eigenvalue weighted by molar-refractivity contribution is -0.133. The summed E-state index contributed by atoms with van der Waals surface area (Å²) in [6, 6.07) is 17.9. The predicted molar refractivity (Wildman–Crippen MR) is 140 cm³/mol. The van der Waals surface area contributed by atoms with Crippen molar-refractivity contribution in [2.45, 2.75) is 27.7 Å². The van der Waals surface area contributed by atoms with Crippen LogP contribution in [0, 0.1) is 27.7 Å². The van der Waals surface area contributed by atoms with E-state index in [2.05, 4.69) is 16.1 Å². The van der Waals surface area contributed by atoms with Crippen molar-refractivity contribution in [2.24, 2.45) is 0 Å². The maximum Gasteiger partial charge on any atom is 0.328 e. The minimum Gasteiger partial charge on any atom is -0.321 e. The van der Waals surface area contributed by atoms with Crippen LogP contribution in [0.15, 0.2) is 60.7 Å². The molecule has 0 spiro atoms. The first-order chi connectivity index (χ1) is 16.6. The molecule has 3 aromatic carbocycles. The van der Waals surface area contributed by atoms with Gasteiger partial charge in [0.1, 0.15) is 5.69 Å². The van der Waals surface area contributed by atoms with Crippen molar-refractivity contribution in [1.29, 1.82) is 0 Å². The van der Waals surface area contributed by atoms with Gasteiger partial charge < -0.3 is 10.6 Å². The van der Waals surface area contributed by atoms with Gasteiger partial charge in [0.25, 0.3) is 5.91 Å². The second-order valence-electron chi connectivity index (χ2n) is 8.56. The van der Waals surface area contributed by atoms with E-state index in [0.717, 1.165) is 22.3 Å². The first-order valence-electron chi connectivity index (χ1n) is 11.0. The van der Waals surface area contributed by atoms with Crippen molar-refractivity contribution in [3.8, 4) is 0 Å². The lowest BCUT2D eigenvalue weighted by Crippen LogP contribution is -2.36. The molecule has 1 heterocycles. The van der Waals surface area contributed by atoms with Crippen molar-refractivity contribution in [1.82, 2.24) is 4.68 Å². The van der Waals surface area contributed by atoms with E-state index in [1.807, 2.05) is 64.1 Å². The van der Waals surface area contributed by atoms with Crippen LogP contribution in [-0.2, 0) is 9.59 Å². The average Bonchev–Trinajstić information content (AvgIpc) is 3.12. The number of nitrogens with zero attached hydrogens (tertiary/aromatic N) is 1. The maximum atomic E-state index is 13.2. The van der Waals surface area contributed by atoms with Crippen molar-refractivity contribution in [3.63, 3.8) is 0 Å². The molecular formula is C27H25ClN4O3. The van der Waals surface area contributed by atoms with Crippen LogP contribution >= 0.6 is 11.6 Å². The van der Waals surface area contributed by atoms with Crippen LogP contribution in [0.25, 0.3) is 10.9 Å². The minimum atomic E-state index is -0.916. The molecule has 4 rings (SSSR count). The zero-order chi connectivity index (χ0) is 25.3. The number of halogens is 1. The molecule has 0 aliphatic heterocycles. The highest BCUT2D eigenvalue weighted by molar-refractivity contribution is 6.42. The van der Waals surface area contributed by atoms with Gasteiger partial charge in [0.15, 0.2) is 0 Å². The van der Waals surface area contributed by atoms with E-state index < -0.39 is 17.7 Å². The number of carbonyl (C=O) groups is 3. The van der Waals surface area contributed by atoms with Crippen LogP contribution in [0.4, 0.5) is 11.4 Å². The number of hydrogen-bond donors (Lipinski definition) is 3. The van der Waals surface area contributed by atoms with Gasteiger partial charge in [0.2, 0.25) is 0 Å². The molecule has 0 unspecified atom stereocenters. The quantitative estimate of drug-likeness (QED) is 0.332. The number of anilines is 2. The van der Waals surface area contributed by atoms with Gasteiger partial charge >= 0.3 is 11.8 Å². The highest BCUT2D eigenvalue weighted by Gasteiger charge is 2.22. The summed E-state index contributed by atoms with van der Waals surface area (Å²) in [4.78, 5) is 38.8. The molecule has 7 nitrogen and oxygen atoms in total. The summed E-state index contributed by atoms with van der Waals surface area (Å²) in [5.74, 6) is -2.21. The number of amides is 3. The van der Waals surface area contributed by atoms with E-state index in [-0.39, 0.29) is 5.69 Å². The number of hydrogen-bond acceptors (Lipinski definition) is 3. The monoisotopic (exact) mass is 488 g/mol. The average molecular weight is 489 g/mol. The van der Waals surface area contributed by atoms with Gasteiger partial charge in [-0.05, 0) is 86.3 Å². The first-order valence-corrected chi connectivity index (χ1v) is 11.4. The maximum absolute atomic E-state index is 13.2. The smallest absolute Gasteiger partial charge is 0.321 e. The number of para-hydroxylation sites is 1. The molecule has 178 valence electrons. The second kappa shape index (κ2) is 9.64. The number of carbonyl (C=O) groups excluding carboxylic acids is 3. The van der Waals surface area contributed by atoms with Crippen molar-refractivity contribution in [3.05, 3.63) is 93.6 Å². The molecule has 4 aromatic rings. The molecule has 0 saturated carbocycles. The van der Waals surface area contributed by atoms with Crippen LogP contribution in [0.1, 0.15) is 32.7 Å². The Balaban J connectivity index is 1.65. The molecule has 0 aliphatic carbocycles. The highest BCUT2D eigenvalue weighted by Crippen LogP contribution is 2.24. The van der Waals surface area contributed by atoms with Crippen LogP contribution in [0.5, 0.6) is 0 Å². The van der Waals surface area contributed by atoms with Crippen LogP contribution in [0.2, 0.25) is 5.02 Å². The van der Waals surface area contributed by atoms with Gasteiger partial charge in [0.05, 0.1) is 5.52 Å². The molecule has 0 atom stereocenters. The van der Waals surface area contributed by atoms with E-state index in [0.29, 0.717) is 27.3 Å². The second-order valence-corrected chi connectivity index (χ2v) is 9.00. The molecule has 3 N–H and O–H groups in total. The molecule has 35 heavy (non-hydrogen) atoms. The number of benzene rings is 3. The standard InChI is InChI=1S/C27H25ClN4O3/c1-15-10-16(2)12-21(11-15)29-25(33)23-14-19-13-20(28)8-9-22(19)32(23)31-27(35)26(34)30-24-17(3)6-5-7-18(24)4/h5-14H,1-4H3,(H,29,33)(H,30,34)(H,31,35). The summed E-state index contributed by atoms with van der Waals surface area (Å²) in [6.07, 6.45) is 0. The number of fused-ring (bicyclic) bond motifs is 1. The van der Waals surface area contributed by atoms with Crippen LogP contribution in [0.3, 0.4) is 0 Å². The molecule has 0 fully saturated rings. The van der Waals surface area contributed by atoms with Gasteiger partial charge in [-0.15, -0.1) is 0 Å². The fourth-order valence-electron chi connectivity index (χ4n) is 4.05. The summed E-state index contributed by atoms with van der Waals surface area (Å²) >= 11 is 6.14. The fraction of sp³-hybridized carbons (Fsp3) is 0.148. The summed E-state index contributed by atoms with van der Waals surface area (Å²) in [6.45, 7) is 7.58. The van der Waals surface area contributed by atoms with Crippen LogP contribution < -0.4 is 16.1 Å². The Morgan fingerprint density at radius 1 is 0.771 bits per heavy atom. The first kappa shape index (κ1) is 24.0. The fourth-order valence-corrected chi connectivity index (χ4v) is 4.23. The van der Waals surface area contributed by atoms with Crippen molar-refractivity contribution >= 4 is 51.6 Å². The largest absolute Gasteiger partial charge is 0.328 e. The van der Waals surface area contributed by atoms with E-state index in [9.17, 15) is 14.4 Å². The Hall–Kier alpha value is -4.10. The summed E-state index contributed by atoms with van der Waals surface area (Å²) in [7, 11) is 0. The topological polar surface area (TPSA) is 92.2 Å². The third-order valence-corrected chi connectivity index (χ3v) is 5.85. The number of aromatic nitrogens is 1. The SMILES string of the molecule is Cc1cc(C)cc(NC(=O)c2cc3cc(Cl)ccc3n2NC(=O)C(=O)Nc2c(C)cccc2C)c1. The summed E-state index contributed by atoms with van der Waals surface area (Å²) in [5, 5.41) is 6.65. The van der Waals surface area contributed by atoms with Crippen molar-refractivity contribution in [2.75, 3.05) is 16.1 Å². The van der Waals surface area contributed by atoms with Gasteiger partial charge in [-0.1, -0.05) is 35.9 Å². The van der Waals surface area contributed by atoms with Gasteiger partial charge in [-0.25, -0.2) is 4.68 Å². The van der Waals surface area contributed by atoms with Crippen molar-refractivity contribution < 1.29 is 14.4 Å². The third kappa shape index (κ3) is 5.20. The normalized spacial score (nSPS) is 10.8. The molecule has 0 aliphatic rings. The third-order valence-electron chi connectivity index (χ3n) is 5.62. The Labute approximate surface area is 208 Å².